The summed E-state index contributed by atoms with van der Waals surface area (Å²) in [5.41, 5.74) is 2.04. The van der Waals surface area contributed by atoms with Gasteiger partial charge in [0, 0.05) is 25.4 Å². The molecular formula is C14H21NO3. The standard InChI is InChI=1S/C14H21NO3/c1-3-8-18-9-4-7-15-13-10-11(2)5-6-12(13)14(16)17/h5-6,10,15H,3-4,7-9H2,1-2H3,(H,16,17). The summed E-state index contributed by atoms with van der Waals surface area (Å²) in [4.78, 5) is 11.0. The molecule has 0 amide bonds. The molecule has 1 aromatic rings. The third kappa shape index (κ3) is 4.75. The molecule has 2 N–H and O–H groups in total. The number of nitrogens with one attached hydrogen (secondary N) is 1. The quantitative estimate of drug-likeness (QED) is 0.697. The van der Waals surface area contributed by atoms with Crippen molar-refractivity contribution in [2.24, 2.45) is 0 Å². The molecule has 0 radical (unpaired) electrons. The van der Waals surface area contributed by atoms with Crippen LogP contribution in [-0.2, 0) is 4.74 Å². The predicted molar refractivity (Wildman–Crippen MR) is 72.4 cm³/mol. The molecule has 0 atom stereocenters. The van der Waals surface area contributed by atoms with E-state index in [1.807, 2.05) is 13.0 Å². The Kier molecular flexibility index (Phi) is 6.22. The SMILES string of the molecule is CCCOCCCNc1cc(C)ccc1C(=O)O. The fourth-order valence-corrected chi connectivity index (χ4v) is 1.63. The first-order chi connectivity index (χ1) is 8.65. The van der Waals surface area contributed by atoms with Gasteiger partial charge in [0.2, 0.25) is 0 Å². The highest BCUT2D eigenvalue weighted by Gasteiger charge is 2.09. The van der Waals surface area contributed by atoms with Crippen molar-refractivity contribution in [3.63, 3.8) is 0 Å². The summed E-state index contributed by atoms with van der Waals surface area (Å²) in [6, 6.07) is 5.29. The molecule has 100 valence electrons. The van der Waals surface area contributed by atoms with E-state index in [-0.39, 0.29) is 0 Å². The molecule has 0 fully saturated rings. The number of aromatic carboxylic acids is 1. The molecule has 0 aliphatic rings. The normalized spacial score (nSPS) is 10.3. The fraction of sp³-hybridized carbons (Fsp3) is 0.500. The number of aryl methyl sites for hydroxylation is 1. The Morgan fingerprint density at radius 3 is 2.83 bits per heavy atom. The summed E-state index contributed by atoms with van der Waals surface area (Å²) in [6.45, 7) is 6.22. The van der Waals surface area contributed by atoms with Crippen molar-refractivity contribution in [3.05, 3.63) is 29.3 Å². The van der Waals surface area contributed by atoms with Crippen LogP contribution in [0.5, 0.6) is 0 Å². The summed E-state index contributed by atoms with van der Waals surface area (Å²) in [5, 5.41) is 12.2. The van der Waals surface area contributed by atoms with Crippen molar-refractivity contribution >= 4 is 11.7 Å². The van der Waals surface area contributed by atoms with E-state index in [0.717, 1.165) is 25.0 Å². The first kappa shape index (κ1) is 14.5. The van der Waals surface area contributed by atoms with Gasteiger partial charge in [0.05, 0.1) is 5.56 Å². The van der Waals surface area contributed by atoms with E-state index in [1.165, 1.54) is 0 Å². The number of anilines is 1. The van der Waals surface area contributed by atoms with Crippen LogP contribution in [0, 0.1) is 6.92 Å². The molecule has 0 aromatic heterocycles. The molecule has 18 heavy (non-hydrogen) atoms. The van der Waals surface area contributed by atoms with Gasteiger partial charge in [0.25, 0.3) is 0 Å². The van der Waals surface area contributed by atoms with Gasteiger partial charge in [-0.1, -0.05) is 13.0 Å². The van der Waals surface area contributed by atoms with E-state index >= 15 is 0 Å². The number of hydrogen-bond acceptors (Lipinski definition) is 3. The Morgan fingerprint density at radius 1 is 1.39 bits per heavy atom. The third-order valence-corrected chi connectivity index (χ3v) is 2.53. The van der Waals surface area contributed by atoms with Gasteiger partial charge >= 0.3 is 5.97 Å². The molecule has 0 saturated heterocycles. The average molecular weight is 251 g/mol. The predicted octanol–water partition coefficient (Wildman–Crippen LogP) is 2.92. The second-order valence-corrected chi connectivity index (χ2v) is 4.25. The Hall–Kier alpha value is -1.55. The molecule has 1 rings (SSSR count). The molecule has 0 unspecified atom stereocenters. The van der Waals surface area contributed by atoms with Gasteiger partial charge in [-0.05, 0) is 37.5 Å². The first-order valence-corrected chi connectivity index (χ1v) is 6.30. The lowest BCUT2D eigenvalue weighted by molar-refractivity contribution is 0.0698. The lowest BCUT2D eigenvalue weighted by atomic mass is 10.1. The minimum Gasteiger partial charge on any atom is -0.478 e. The summed E-state index contributed by atoms with van der Waals surface area (Å²) in [5.74, 6) is -0.903. The van der Waals surface area contributed by atoms with E-state index in [4.69, 9.17) is 9.84 Å². The Labute approximate surface area is 108 Å². The van der Waals surface area contributed by atoms with Crippen LogP contribution >= 0.6 is 0 Å². The molecule has 4 nitrogen and oxygen atoms in total. The minimum atomic E-state index is -0.903. The van der Waals surface area contributed by atoms with Gasteiger partial charge in [-0.15, -0.1) is 0 Å². The summed E-state index contributed by atoms with van der Waals surface area (Å²) < 4.78 is 5.37. The maximum atomic E-state index is 11.0. The zero-order valence-corrected chi connectivity index (χ0v) is 11.0. The topological polar surface area (TPSA) is 58.6 Å². The first-order valence-electron chi connectivity index (χ1n) is 6.30. The molecule has 0 heterocycles. The van der Waals surface area contributed by atoms with Crippen molar-refractivity contribution < 1.29 is 14.6 Å². The smallest absolute Gasteiger partial charge is 0.337 e. The largest absolute Gasteiger partial charge is 0.478 e. The summed E-state index contributed by atoms with van der Waals surface area (Å²) in [7, 11) is 0. The van der Waals surface area contributed by atoms with E-state index in [1.54, 1.807) is 12.1 Å². The maximum absolute atomic E-state index is 11.0. The number of ether oxygens (including phenoxy) is 1. The van der Waals surface area contributed by atoms with E-state index in [9.17, 15) is 4.79 Å². The van der Waals surface area contributed by atoms with Gasteiger partial charge in [0.15, 0.2) is 0 Å². The number of rotatable bonds is 8. The van der Waals surface area contributed by atoms with Crippen molar-refractivity contribution in [2.45, 2.75) is 26.7 Å². The molecule has 0 bridgehead atoms. The summed E-state index contributed by atoms with van der Waals surface area (Å²) >= 11 is 0. The maximum Gasteiger partial charge on any atom is 0.337 e. The van der Waals surface area contributed by atoms with E-state index in [2.05, 4.69) is 12.2 Å². The third-order valence-electron chi connectivity index (χ3n) is 2.53. The highest BCUT2D eigenvalue weighted by Crippen LogP contribution is 2.17. The molecule has 4 heteroatoms. The van der Waals surface area contributed by atoms with E-state index in [0.29, 0.717) is 24.4 Å². The van der Waals surface area contributed by atoms with Crippen LogP contribution < -0.4 is 5.32 Å². The number of carboxylic acid groups (broad SMARTS) is 1. The number of carbonyl (C=O) groups is 1. The number of hydrogen-bond donors (Lipinski definition) is 2. The van der Waals surface area contributed by atoms with Crippen LogP contribution in [-0.4, -0.2) is 30.8 Å². The molecule has 0 saturated carbocycles. The minimum absolute atomic E-state index is 0.315. The second kappa shape index (κ2) is 7.71. The molecule has 0 aliphatic heterocycles. The second-order valence-electron chi connectivity index (χ2n) is 4.25. The highest BCUT2D eigenvalue weighted by atomic mass is 16.5. The van der Waals surface area contributed by atoms with Crippen molar-refractivity contribution in [2.75, 3.05) is 25.1 Å². The van der Waals surface area contributed by atoms with E-state index < -0.39 is 5.97 Å². The van der Waals surface area contributed by atoms with Gasteiger partial charge < -0.3 is 15.2 Å². The highest BCUT2D eigenvalue weighted by molar-refractivity contribution is 5.94. The Morgan fingerprint density at radius 2 is 2.17 bits per heavy atom. The summed E-state index contributed by atoms with van der Waals surface area (Å²) in [6.07, 6.45) is 1.89. The average Bonchev–Trinajstić information content (AvgIpc) is 2.33. The van der Waals surface area contributed by atoms with Crippen molar-refractivity contribution in [1.82, 2.24) is 0 Å². The van der Waals surface area contributed by atoms with Gasteiger partial charge in [-0.3, -0.25) is 0 Å². The molecule has 0 aliphatic carbocycles. The van der Waals surface area contributed by atoms with Crippen LogP contribution in [0.2, 0.25) is 0 Å². The van der Waals surface area contributed by atoms with Crippen molar-refractivity contribution in [1.29, 1.82) is 0 Å². The lowest BCUT2D eigenvalue weighted by Crippen LogP contribution is -2.10. The van der Waals surface area contributed by atoms with Gasteiger partial charge in [-0.2, -0.15) is 0 Å². The molecular weight excluding hydrogens is 230 g/mol. The van der Waals surface area contributed by atoms with Crippen LogP contribution in [0.25, 0.3) is 0 Å². The van der Waals surface area contributed by atoms with Crippen molar-refractivity contribution in [3.8, 4) is 0 Å². The number of benzene rings is 1. The monoisotopic (exact) mass is 251 g/mol. The van der Waals surface area contributed by atoms with Crippen LogP contribution in [0.3, 0.4) is 0 Å². The molecule has 1 aromatic carbocycles. The Bertz CT molecular complexity index is 391. The van der Waals surface area contributed by atoms with Crippen LogP contribution in [0.1, 0.15) is 35.7 Å². The lowest BCUT2D eigenvalue weighted by Gasteiger charge is -2.10. The zero-order valence-electron chi connectivity index (χ0n) is 11.0. The number of carboxylic acids is 1. The fourth-order valence-electron chi connectivity index (χ4n) is 1.63. The molecule has 0 spiro atoms. The van der Waals surface area contributed by atoms with Crippen LogP contribution in [0.15, 0.2) is 18.2 Å². The Balaban J connectivity index is 2.45. The zero-order chi connectivity index (χ0) is 13.4. The van der Waals surface area contributed by atoms with Gasteiger partial charge in [-0.25, -0.2) is 4.79 Å². The van der Waals surface area contributed by atoms with Gasteiger partial charge in [0.1, 0.15) is 0 Å². The van der Waals surface area contributed by atoms with Crippen LogP contribution in [0.4, 0.5) is 5.69 Å².